The summed E-state index contributed by atoms with van der Waals surface area (Å²) >= 11 is 5.86. The van der Waals surface area contributed by atoms with E-state index in [1.165, 1.54) is 12.1 Å². The molecular formula is C15H15ClFNO. The first-order chi connectivity index (χ1) is 9.10. The molecule has 2 aromatic rings. The van der Waals surface area contributed by atoms with Crippen molar-refractivity contribution >= 4 is 11.6 Å². The van der Waals surface area contributed by atoms with Gasteiger partial charge in [0.1, 0.15) is 11.6 Å². The first kappa shape index (κ1) is 13.8. The Kier molecular flexibility index (Phi) is 4.40. The molecule has 0 aliphatic carbocycles. The number of nitrogens with two attached hydrogens (primary N) is 1. The standard InChI is InChI=1S/C15H15ClFNO/c1-19-13-5-2-10(3-6-13)15(18)9-11-8-12(16)4-7-14(11)17/h2-8,15H,9,18H2,1H3. The van der Waals surface area contributed by atoms with Gasteiger partial charge in [-0.2, -0.15) is 0 Å². The lowest BCUT2D eigenvalue weighted by atomic mass is 9.99. The Morgan fingerprint density at radius 2 is 1.89 bits per heavy atom. The summed E-state index contributed by atoms with van der Waals surface area (Å²) in [6.07, 6.45) is 0.402. The third kappa shape index (κ3) is 3.46. The van der Waals surface area contributed by atoms with E-state index < -0.39 is 0 Å². The van der Waals surface area contributed by atoms with E-state index in [0.29, 0.717) is 17.0 Å². The van der Waals surface area contributed by atoms with Crippen molar-refractivity contribution in [3.63, 3.8) is 0 Å². The zero-order chi connectivity index (χ0) is 13.8. The fourth-order valence-electron chi connectivity index (χ4n) is 1.91. The molecule has 2 rings (SSSR count). The van der Waals surface area contributed by atoms with Crippen LogP contribution in [0.5, 0.6) is 5.75 Å². The van der Waals surface area contributed by atoms with Crippen LogP contribution < -0.4 is 10.5 Å². The number of methoxy groups -OCH3 is 1. The molecular weight excluding hydrogens is 265 g/mol. The lowest BCUT2D eigenvalue weighted by molar-refractivity contribution is 0.414. The average molecular weight is 280 g/mol. The SMILES string of the molecule is COc1ccc(C(N)Cc2cc(Cl)ccc2F)cc1. The van der Waals surface area contributed by atoms with Gasteiger partial charge in [-0.1, -0.05) is 23.7 Å². The Morgan fingerprint density at radius 3 is 2.53 bits per heavy atom. The molecule has 2 nitrogen and oxygen atoms in total. The fourth-order valence-corrected chi connectivity index (χ4v) is 2.10. The maximum atomic E-state index is 13.6. The van der Waals surface area contributed by atoms with Crippen molar-refractivity contribution in [2.75, 3.05) is 7.11 Å². The smallest absolute Gasteiger partial charge is 0.126 e. The summed E-state index contributed by atoms with van der Waals surface area (Å²) in [5, 5.41) is 0.512. The predicted octanol–water partition coefficient (Wildman–Crippen LogP) is 3.73. The van der Waals surface area contributed by atoms with Crippen LogP contribution in [-0.4, -0.2) is 7.11 Å². The van der Waals surface area contributed by atoms with Gasteiger partial charge in [-0.25, -0.2) is 4.39 Å². The molecule has 100 valence electrons. The topological polar surface area (TPSA) is 35.2 Å². The highest BCUT2D eigenvalue weighted by molar-refractivity contribution is 6.30. The molecule has 19 heavy (non-hydrogen) atoms. The molecule has 0 heterocycles. The first-order valence-electron chi connectivity index (χ1n) is 5.93. The van der Waals surface area contributed by atoms with Gasteiger partial charge in [0.15, 0.2) is 0 Å². The van der Waals surface area contributed by atoms with Gasteiger partial charge in [0.2, 0.25) is 0 Å². The Balaban J connectivity index is 2.15. The van der Waals surface area contributed by atoms with Crippen LogP contribution in [0.2, 0.25) is 5.02 Å². The molecule has 4 heteroatoms. The number of halogens is 2. The van der Waals surface area contributed by atoms with Gasteiger partial charge in [-0.15, -0.1) is 0 Å². The van der Waals surface area contributed by atoms with Crippen LogP contribution in [-0.2, 0) is 6.42 Å². The molecule has 0 aliphatic rings. The Morgan fingerprint density at radius 1 is 1.21 bits per heavy atom. The molecule has 0 saturated heterocycles. The van der Waals surface area contributed by atoms with Gasteiger partial charge in [0.25, 0.3) is 0 Å². The van der Waals surface area contributed by atoms with E-state index in [1.54, 1.807) is 13.2 Å². The number of rotatable bonds is 4. The van der Waals surface area contributed by atoms with E-state index in [1.807, 2.05) is 24.3 Å². The molecule has 2 aromatic carbocycles. The molecule has 1 atom stereocenters. The fraction of sp³-hybridized carbons (Fsp3) is 0.200. The van der Waals surface area contributed by atoms with Crippen LogP contribution in [0, 0.1) is 5.82 Å². The highest BCUT2D eigenvalue weighted by Gasteiger charge is 2.11. The van der Waals surface area contributed by atoms with Crippen molar-refractivity contribution in [3.05, 3.63) is 64.4 Å². The zero-order valence-corrected chi connectivity index (χ0v) is 11.3. The van der Waals surface area contributed by atoms with Gasteiger partial charge >= 0.3 is 0 Å². The maximum absolute atomic E-state index is 13.6. The average Bonchev–Trinajstić information content (AvgIpc) is 2.43. The summed E-state index contributed by atoms with van der Waals surface area (Å²) in [6, 6.07) is 11.7. The van der Waals surface area contributed by atoms with Crippen molar-refractivity contribution < 1.29 is 9.13 Å². The summed E-state index contributed by atoms with van der Waals surface area (Å²) in [5.74, 6) is 0.484. The molecule has 0 bridgehead atoms. The molecule has 0 aromatic heterocycles. The maximum Gasteiger partial charge on any atom is 0.126 e. The monoisotopic (exact) mass is 279 g/mol. The van der Waals surface area contributed by atoms with Gasteiger partial charge in [-0.3, -0.25) is 0 Å². The molecule has 0 fully saturated rings. The van der Waals surface area contributed by atoms with E-state index in [0.717, 1.165) is 11.3 Å². The number of hydrogen-bond donors (Lipinski definition) is 1. The molecule has 0 amide bonds. The van der Waals surface area contributed by atoms with Crippen LogP contribution in [0.25, 0.3) is 0 Å². The van der Waals surface area contributed by atoms with E-state index >= 15 is 0 Å². The normalized spacial score (nSPS) is 12.2. The van der Waals surface area contributed by atoms with E-state index in [4.69, 9.17) is 22.1 Å². The van der Waals surface area contributed by atoms with Gasteiger partial charge < -0.3 is 10.5 Å². The number of hydrogen-bond acceptors (Lipinski definition) is 2. The van der Waals surface area contributed by atoms with Crippen molar-refractivity contribution in [1.29, 1.82) is 0 Å². The summed E-state index contributed by atoms with van der Waals surface area (Å²) in [5.41, 5.74) is 7.54. The first-order valence-corrected chi connectivity index (χ1v) is 6.31. The van der Waals surface area contributed by atoms with Crippen LogP contribution >= 0.6 is 11.6 Å². The Bertz CT molecular complexity index is 557. The van der Waals surface area contributed by atoms with Gasteiger partial charge in [0.05, 0.1) is 7.11 Å². The lowest BCUT2D eigenvalue weighted by Crippen LogP contribution is -2.14. The van der Waals surface area contributed by atoms with Gasteiger partial charge in [0, 0.05) is 11.1 Å². The summed E-state index contributed by atoms with van der Waals surface area (Å²) in [6.45, 7) is 0. The Labute approximate surface area is 117 Å². The third-order valence-electron chi connectivity index (χ3n) is 2.99. The highest BCUT2D eigenvalue weighted by Crippen LogP contribution is 2.22. The minimum absolute atomic E-state index is 0.279. The summed E-state index contributed by atoms with van der Waals surface area (Å²) in [4.78, 5) is 0. The Hall–Kier alpha value is -1.58. The van der Waals surface area contributed by atoms with Crippen LogP contribution in [0.1, 0.15) is 17.2 Å². The molecule has 2 N–H and O–H groups in total. The van der Waals surface area contributed by atoms with Crippen molar-refractivity contribution in [2.24, 2.45) is 5.73 Å². The highest BCUT2D eigenvalue weighted by atomic mass is 35.5. The second-order valence-electron chi connectivity index (χ2n) is 4.32. The van der Waals surface area contributed by atoms with E-state index in [9.17, 15) is 4.39 Å². The van der Waals surface area contributed by atoms with Crippen molar-refractivity contribution in [3.8, 4) is 5.75 Å². The molecule has 0 aliphatic heterocycles. The zero-order valence-electron chi connectivity index (χ0n) is 10.6. The minimum atomic E-state index is -0.284. The largest absolute Gasteiger partial charge is 0.497 e. The molecule has 0 radical (unpaired) electrons. The van der Waals surface area contributed by atoms with Crippen molar-refractivity contribution in [1.82, 2.24) is 0 Å². The van der Waals surface area contributed by atoms with Crippen LogP contribution in [0.15, 0.2) is 42.5 Å². The van der Waals surface area contributed by atoms with Crippen LogP contribution in [0.4, 0.5) is 4.39 Å². The minimum Gasteiger partial charge on any atom is -0.497 e. The summed E-state index contributed by atoms with van der Waals surface area (Å²) in [7, 11) is 1.61. The molecule has 0 spiro atoms. The third-order valence-corrected chi connectivity index (χ3v) is 3.23. The molecule has 0 saturated carbocycles. The number of benzene rings is 2. The number of ether oxygens (including phenoxy) is 1. The quantitative estimate of drug-likeness (QED) is 0.925. The predicted molar refractivity (Wildman–Crippen MR) is 75.0 cm³/mol. The summed E-state index contributed by atoms with van der Waals surface area (Å²) < 4.78 is 18.7. The van der Waals surface area contributed by atoms with Crippen molar-refractivity contribution in [2.45, 2.75) is 12.5 Å². The van der Waals surface area contributed by atoms with E-state index in [2.05, 4.69) is 0 Å². The van der Waals surface area contributed by atoms with E-state index in [-0.39, 0.29) is 11.9 Å². The lowest BCUT2D eigenvalue weighted by Gasteiger charge is -2.13. The molecule has 1 unspecified atom stereocenters. The van der Waals surface area contributed by atoms with Gasteiger partial charge in [-0.05, 0) is 47.9 Å². The van der Waals surface area contributed by atoms with Crippen LogP contribution in [0.3, 0.4) is 0 Å². The second kappa shape index (κ2) is 6.04. The second-order valence-corrected chi connectivity index (χ2v) is 4.76.